The number of carbonyl (C=O) groups excluding carboxylic acids is 1. The van der Waals surface area contributed by atoms with Crippen molar-refractivity contribution in [3.05, 3.63) is 0 Å². The summed E-state index contributed by atoms with van der Waals surface area (Å²) in [4.78, 5) is 14.0. The fraction of sp³-hybridized carbons (Fsp3) is 0.929. The van der Waals surface area contributed by atoms with Gasteiger partial charge in [0, 0.05) is 26.3 Å². The van der Waals surface area contributed by atoms with Gasteiger partial charge in [-0.2, -0.15) is 0 Å². The van der Waals surface area contributed by atoms with Gasteiger partial charge in [0.1, 0.15) is 6.10 Å². The molecule has 1 fully saturated rings. The highest BCUT2D eigenvalue weighted by Crippen LogP contribution is 2.17. The SMILES string of the molecule is CC(C)CCOC(C)C(=O)N1CCC(CO)CC1. The van der Waals surface area contributed by atoms with E-state index in [1.807, 2.05) is 11.8 Å². The highest BCUT2D eigenvalue weighted by Gasteiger charge is 2.25. The van der Waals surface area contributed by atoms with Gasteiger partial charge < -0.3 is 14.7 Å². The number of rotatable bonds is 6. The van der Waals surface area contributed by atoms with E-state index in [1.54, 1.807) is 0 Å². The van der Waals surface area contributed by atoms with Gasteiger partial charge in [-0.05, 0) is 38.0 Å². The minimum Gasteiger partial charge on any atom is -0.396 e. The zero-order valence-electron chi connectivity index (χ0n) is 11.9. The van der Waals surface area contributed by atoms with Gasteiger partial charge in [-0.15, -0.1) is 0 Å². The second-order valence-corrected chi connectivity index (χ2v) is 5.65. The van der Waals surface area contributed by atoms with Gasteiger partial charge >= 0.3 is 0 Å². The summed E-state index contributed by atoms with van der Waals surface area (Å²) < 4.78 is 5.58. The average Bonchev–Trinajstić information content (AvgIpc) is 2.37. The lowest BCUT2D eigenvalue weighted by molar-refractivity contribution is -0.144. The van der Waals surface area contributed by atoms with Crippen molar-refractivity contribution < 1.29 is 14.6 Å². The Morgan fingerprint density at radius 2 is 1.94 bits per heavy atom. The summed E-state index contributed by atoms with van der Waals surface area (Å²) >= 11 is 0. The normalized spacial score (nSPS) is 19.3. The lowest BCUT2D eigenvalue weighted by Crippen LogP contribution is -2.44. The number of piperidine rings is 1. The lowest BCUT2D eigenvalue weighted by Gasteiger charge is -2.32. The first-order chi connectivity index (χ1) is 8.54. The number of hydrogen-bond donors (Lipinski definition) is 1. The Morgan fingerprint density at radius 1 is 1.33 bits per heavy atom. The third-order valence-corrected chi connectivity index (χ3v) is 3.60. The van der Waals surface area contributed by atoms with Gasteiger partial charge in [-0.1, -0.05) is 13.8 Å². The molecule has 0 spiro atoms. The van der Waals surface area contributed by atoms with Gasteiger partial charge in [0.2, 0.25) is 0 Å². The van der Waals surface area contributed by atoms with Crippen molar-refractivity contribution in [1.82, 2.24) is 4.90 Å². The van der Waals surface area contributed by atoms with E-state index in [0.717, 1.165) is 32.4 Å². The number of amides is 1. The maximum Gasteiger partial charge on any atom is 0.251 e. The Bertz CT molecular complexity index is 247. The topological polar surface area (TPSA) is 49.8 Å². The fourth-order valence-corrected chi connectivity index (χ4v) is 2.14. The van der Waals surface area contributed by atoms with E-state index in [2.05, 4.69) is 13.8 Å². The van der Waals surface area contributed by atoms with Crippen molar-refractivity contribution in [1.29, 1.82) is 0 Å². The highest BCUT2D eigenvalue weighted by molar-refractivity contribution is 5.80. The largest absolute Gasteiger partial charge is 0.396 e. The monoisotopic (exact) mass is 257 g/mol. The summed E-state index contributed by atoms with van der Waals surface area (Å²) in [6.45, 7) is 8.52. The Morgan fingerprint density at radius 3 is 2.44 bits per heavy atom. The van der Waals surface area contributed by atoms with Gasteiger partial charge in [0.05, 0.1) is 0 Å². The Balaban J connectivity index is 2.26. The molecule has 1 amide bonds. The molecule has 1 rings (SSSR count). The van der Waals surface area contributed by atoms with Crippen molar-refractivity contribution in [3.8, 4) is 0 Å². The minimum atomic E-state index is -0.338. The number of nitrogens with zero attached hydrogens (tertiary/aromatic N) is 1. The molecule has 1 unspecified atom stereocenters. The summed E-state index contributed by atoms with van der Waals surface area (Å²) in [5.74, 6) is 1.06. The molecule has 0 aromatic heterocycles. The first-order valence-corrected chi connectivity index (χ1v) is 7.05. The maximum absolute atomic E-state index is 12.1. The van der Waals surface area contributed by atoms with Crippen LogP contribution in [0.15, 0.2) is 0 Å². The molecule has 0 aromatic rings. The average molecular weight is 257 g/mol. The van der Waals surface area contributed by atoms with E-state index in [9.17, 15) is 4.79 Å². The third kappa shape index (κ3) is 4.94. The molecule has 0 saturated carbocycles. The predicted molar refractivity (Wildman–Crippen MR) is 71.3 cm³/mol. The zero-order valence-corrected chi connectivity index (χ0v) is 11.9. The summed E-state index contributed by atoms with van der Waals surface area (Å²) in [6.07, 6.45) is 2.46. The van der Waals surface area contributed by atoms with Gasteiger partial charge in [-0.3, -0.25) is 4.79 Å². The van der Waals surface area contributed by atoms with Gasteiger partial charge in [0.15, 0.2) is 0 Å². The second-order valence-electron chi connectivity index (χ2n) is 5.65. The summed E-state index contributed by atoms with van der Waals surface area (Å²) in [6, 6.07) is 0. The van der Waals surface area contributed by atoms with Crippen molar-refractivity contribution in [2.75, 3.05) is 26.3 Å². The van der Waals surface area contributed by atoms with E-state index in [0.29, 0.717) is 18.4 Å². The van der Waals surface area contributed by atoms with Crippen LogP contribution >= 0.6 is 0 Å². The van der Waals surface area contributed by atoms with Crippen molar-refractivity contribution in [3.63, 3.8) is 0 Å². The van der Waals surface area contributed by atoms with Crippen LogP contribution in [0.2, 0.25) is 0 Å². The molecular formula is C14H27NO3. The Labute approximate surface area is 110 Å². The molecule has 1 heterocycles. The summed E-state index contributed by atoms with van der Waals surface area (Å²) in [7, 11) is 0. The first-order valence-electron chi connectivity index (χ1n) is 7.05. The van der Waals surface area contributed by atoms with E-state index >= 15 is 0 Å². The van der Waals surface area contributed by atoms with Crippen molar-refractivity contribution in [2.45, 2.75) is 46.1 Å². The molecular weight excluding hydrogens is 230 g/mol. The van der Waals surface area contributed by atoms with Crippen molar-refractivity contribution >= 4 is 5.91 Å². The molecule has 106 valence electrons. The quantitative estimate of drug-likeness (QED) is 0.787. The van der Waals surface area contributed by atoms with Crippen LogP contribution in [0.5, 0.6) is 0 Å². The Kier molecular flexibility index (Phi) is 6.65. The van der Waals surface area contributed by atoms with Gasteiger partial charge in [0.25, 0.3) is 5.91 Å². The molecule has 1 saturated heterocycles. The Hall–Kier alpha value is -0.610. The number of likely N-dealkylation sites (tertiary alicyclic amines) is 1. The van der Waals surface area contributed by atoms with Crippen LogP contribution in [0.4, 0.5) is 0 Å². The maximum atomic E-state index is 12.1. The molecule has 0 aromatic carbocycles. The number of aliphatic hydroxyl groups is 1. The molecule has 4 heteroatoms. The standard InChI is InChI=1S/C14H27NO3/c1-11(2)6-9-18-12(3)14(17)15-7-4-13(10-16)5-8-15/h11-13,16H,4-10H2,1-3H3. The molecule has 0 radical (unpaired) electrons. The van der Waals surface area contributed by atoms with Crippen LogP contribution in [0.25, 0.3) is 0 Å². The van der Waals surface area contributed by atoms with Crippen molar-refractivity contribution in [2.24, 2.45) is 11.8 Å². The first kappa shape index (κ1) is 15.4. The summed E-state index contributed by atoms with van der Waals surface area (Å²) in [5, 5.41) is 9.07. The van der Waals surface area contributed by atoms with E-state index in [-0.39, 0.29) is 18.6 Å². The molecule has 1 N–H and O–H groups in total. The second kappa shape index (κ2) is 7.74. The number of aliphatic hydroxyl groups excluding tert-OH is 1. The minimum absolute atomic E-state index is 0.0927. The molecule has 1 aliphatic rings. The van der Waals surface area contributed by atoms with Crippen LogP contribution in [-0.4, -0.2) is 48.3 Å². The molecule has 18 heavy (non-hydrogen) atoms. The molecule has 0 bridgehead atoms. The molecule has 4 nitrogen and oxygen atoms in total. The number of ether oxygens (including phenoxy) is 1. The highest BCUT2D eigenvalue weighted by atomic mass is 16.5. The fourth-order valence-electron chi connectivity index (χ4n) is 2.14. The molecule has 1 atom stereocenters. The number of hydrogen-bond acceptors (Lipinski definition) is 3. The van der Waals surface area contributed by atoms with Crippen LogP contribution < -0.4 is 0 Å². The number of carbonyl (C=O) groups is 1. The third-order valence-electron chi connectivity index (χ3n) is 3.60. The zero-order chi connectivity index (χ0) is 13.5. The van der Waals surface area contributed by atoms with Crippen LogP contribution in [0.3, 0.4) is 0 Å². The molecule has 1 aliphatic heterocycles. The van der Waals surface area contributed by atoms with Crippen LogP contribution in [-0.2, 0) is 9.53 Å². The smallest absolute Gasteiger partial charge is 0.251 e. The van der Waals surface area contributed by atoms with Gasteiger partial charge in [-0.25, -0.2) is 0 Å². The van der Waals surface area contributed by atoms with Crippen LogP contribution in [0.1, 0.15) is 40.0 Å². The van der Waals surface area contributed by atoms with E-state index in [4.69, 9.17) is 9.84 Å². The van der Waals surface area contributed by atoms with Crippen LogP contribution in [0, 0.1) is 11.8 Å². The predicted octanol–water partition coefficient (Wildman–Crippen LogP) is 1.67. The van der Waals surface area contributed by atoms with E-state index < -0.39 is 0 Å². The lowest BCUT2D eigenvalue weighted by atomic mass is 9.97. The molecule has 0 aliphatic carbocycles. The van der Waals surface area contributed by atoms with E-state index in [1.165, 1.54) is 0 Å². The summed E-state index contributed by atoms with van der Waals surface area (Å²) in [5.41, 5.74) is 0.